The van der Waals surface area contributed by atoms with Gasteiger partial charge in [0.2, 0.25) is 5.89 Å². The van der Waals surface area contributed by atoms with Crippen LogP contribution >= 0.6 is 0 Å². The molecule has 0 saturated heterocycles. The lowest BCUT2D eigenvalue weighted by Gasteiger charge is -2.27. The van der Waals surface area contributed by atoms with Crippen LogP contribution in [0, 0.1) is 5.92 Å². The zero-order valence-electron chi connectivity index (χ0n) is 12.1. The van der Waals surface area contributed by atoms with Gasteiger partial charge >= 0.3 is 0 Å². The molecule has 4 nitrogen and oxygen atoms in total. The van der Waals surface area contributed by atoms with Crippen LogP contribution in [0.5, 0.6) is 0 Å². The van der Waals surface area contributed by atoms with Crippen LogP contribution in [0.4, 0.5) is 0 Å². The van der Waals surface area contributed by atoms with Crippen molar-refractivity contribution in [2.24, 2.45) is 5.92 Å². The maximum absolute atomic E-state index is 9.24. The number of hydrogen-bond donors (Lipinski definition) is 1. The predicted molar refractivity (Wildman–Crippen MR) is 79.6 cm³/mol. The molecule has 1 fully saturated rings. The molecule has 4 heteroatoms. The lowest BCUT2D eigenvalue weighted by Crippen LogP contribution is -2.24. The summed E-state index contributed by atoms with van der Waals surface area (Å²) in [5.41, 5.74) is 1.79. The normalized spacial score (nSPS) is 22.3. The second-order valence-electron chi connectivity index (χ2n) is 5.66. The first-order valence-corrected chi connectivity index (χ1v) is 7.57. The Balaban J connectivity index is 1.55. The first-order valence-electron chi connectivity index (χ1n) is 7.57. The van der Waals surface area contributed by atoms with Gasteiger partial charge in [0.15, 0.2) is 0 Å². The molecule has 2 atom stereocenters. The van der Waals surface area contributed by atoms with Crippen molar-refractivity contribution < 1.29 is 14.3 Å². The third kappa shape index (κ3) is 3.71. The second-order valence-corrected chi connectivity index (χ2v) is 5.66. The number of aliphatic hydroxyl groups is 1. The molecule has 112 valence electrons. The number of rotatable bonds is 5. The topological polar surface area (TPSA) is 55.5 Å². The molecule has 1 aliphatic carbocycles. The van der Waals surface area contributed by atoms with Gasteiger partial charge in [-0.1, -0.05) is 24.6 Å². The molecule has 2 aromatic rings. The Bertz CT molecular complexity index is 552. The van der Waals surface area contributed by atoms with Gasteiger partial charge in [-0.05, 0) is 37.3 Å². The molecule has 1 N–H and O–H groups in total. The van der Waals surface area contributed by atoms with Crippen molar-refractivity contribution in [3.8, 4) is 11.5 Å². The largest absolute Gasteiger partial charge is 0.444 e. The summed E-state index contributed by atoms with van der Waals surface area (Å²) in [4.78, 5) is 4.46. The number of oxazole rings is 1. The van der Waals surface area contributed by atoms with Gasteiger partial charge in [-0.15, -0.1) is 0 Å². The van der Waals surface area contributed by atoms with Crippen molar-refractivity contribution in [1.29, 1.82) is 0 Å². The van der Waals surface area contributed by atoms with Crippen molar-refractivity contribution in [2.45, 2.75) is 38.4 Å². The van der Waals surface area contributed by atoms with Crippen LogP contribution in [0.25, 0.3) is 11.5 Å². The monoisotopic (exact) mass is 287 g/mol. The van der Waals surface area contributed by atoms with Crippen LogP contribution in [0.3, 0.4) is 0 Å². The maximum atomic E-state index is 9.24. The Morgan fingerprint density at radius 2 is 2.10 bits per heavy atom. The summed E-state index contributed by atoms with van der Waals surface area (Å²) in [6.07, 6.45) is 6.14. The smallest absolute Gasteiger partial charge is 0.226 e. The summed E-state index contributed by atoms with van der Waals surface area (Å²) < 4.78 is 11.4. The maximum Gasteiger partial charge on any atom is 0.226 e. The van der Waals surface area contributed by atoms with Crippen LogP contribution in [-0.4, -0.2) is 22.8 Å². The van der Waals surface area contributed by atoms with Gasteiger partial charge in [-0.3, -0.25) is 0 Å². The summed E-state index contributed by atoms with van der Waals surface area (Å²) in [5.74, 6) is 1.02. The first kappa shape index (κ1) is 14.3. The third-order valence-corrected chi connectivity index (χ3v) is 4.03. The minimum Gasteiger partial charge on any atom is -0.444 e. The average Bonchev–Trinajstić information content (AvgIpc) is 3.03. The molecule has 0 amide bonds. The SMILES string of the molecule is OCC1CCCC(OCc2coc(-c3ccccc3)n2)C1. The number of aromatic nitrogens is 1. The zero-order chi connectivity index (χ0) is 14.5. The Morgan fingerprint density at radius 1 is 1.24 bits per heavy atom. The van der Waals surface area contributed by atoms with E-state index in [4.69, 9.17) is 9.15 Å². The van der Waals surface area contributed by atoms with Crippen molar-refractivity contribution in [2.75, 3.05) is 6.61 Å². The fraction of sp³-hybridized carbons (Fsp3) is 0.471. The summed E-state index contributed by atoms with van der Waals surface area (Å²) in [7, 11) is 0. The summed E-state index contributed by atoms with van der Waals surface area (Å²) >= 11 is 0. The standard InChI is InChI=1S/C17H21NO3/c19-10-13-5-4-8-16(9-13)20-11-15-12-21-17(18-15)14-6-2-1-3-7-14/h1-3,6-7,12-13,16,19H,4-5,8-11H2. The highest BCUT2D eigenvalue weighted by molar-refractivity contribution is 5.52. The predicted octanol–water partition coefficient (Wildman–Crippen LogP) is 3.41. The molecule has 0 spiro atoms. The van der Waals surface area contributed by atoms with E-state index in [0.29, 0.717) is 18.4 Å². The fourth-order valence-electron chi connectivity index (χ4n) is 2.85. The number of hydrogen-bond acceptors (Lipinski definition) is 4. The number of ether oxygens (including phenoxy) is 1. The molecule has 0 aliphatic heterocycles. The van der Waals surface area contributed by atoms with Crippen molar-refractivity contribution in [3.05, 3.63) is 42.3 Å². The Morgan fingerprint density at radius 3 is 2.90 bits per heavy atom. The van der Waals surface area contributed by atoms with Crippen molar-refractivity contribution in [1.82, 2.24) is 4.98 Å². The molecule has 1 saturated carbocycles. The molecular formula is C17H21NO3. The number of nitrogens with zero attached hydrogens (tertiary/aromatic N) is 1. The van der Waals surface area contributed by atoms with Crippen LogP contribution in [-0.2, 0) is 11.3 Å². The molecular weight excluding hydrogens is 266 g/mol. The molecule has 1 aliphatic rings. The van der Waals surface area contributed by atoms with Gasteiger partial charge in [-0.25, -0.2) is 4.98 Å². The molecule has 0 radical (unpaired) electrons. The molecule has 1 aromatic carbocycles. The van der Waals surface area contributed by atoms with E-state index in [0.717, 1.165) is 36.9 Å². The van der Waals surface area contributed by atoms with Gasteiger partial charge in [0.25, 0.3) is 0 Å². The van der Waals surface area contributed by atoms with E-state index in [-0.39, 0.29) is 12.7 Å². The molecule has 1 heterocycles. The van der Waals surface area contributed by atoms with Crippen LogP contribution in [0.1, 0.15) is 31.4 Å². The highest BCUT2D eigenvalue weighted by atomic mass is 16.5. The van der Waals surface area contributed by atoms with Crippen LogP contribution in [0.2, 0.25) is 0 Å². The summed E-state index contributed by atoms with van der Waals surface area (Å²) in [5, 5.41) is 9.24. The van der Waals surface area contributed by atoms with Crippen molar-refractivity contribution >= 4 is 0 Å². The molecule has 3 rings (SSSR count). The van der Waals surface area contributed by atoms with Gasteiger partial charge in [0.05, 0.1) is 12.7 Å². The minimum atomic E-state index is 0.229. The highest BCUT2D eigenvalue weighted by Crippen LogP contribution is 2.27. The van der Waals surface area contributed by atoms with E-state index in [1.54, 1.807) is 6.26 Å². The average molecular weight is 287 g/mol. The van der Waals surface area contributed by atoms with E-state index in [1.807, 2.05) is 30.3 Å². The van der Waals surface area contributed by atoms with E-state index < -0.39 is 0 Å². The fourth-order valence-corrected chi connectivity index (χ4v) is 2.85. The quantitative estimate of drug-likeness (QED) is 0.915. The lowest BCUT2D eigenvalue weighted by molar-refractivity contribution is -0.00748. The van der Waals surface area contributed by atoms with E-state index in [2.05, 4.69) is 4.98 Å². The number of aliphatic hydroxyl groups excluding tert-OH is 1. The van der Waals surface area contributed by atoms with Crippen molar-refractivity contribution in [3.63, 3.8) is 0 Å². The molecule has 2 unspecified atom stereocenters. The van der Waals surface area contributed by atoms with E-state index >= 15 is 0 Å². The Hall–Kier alpha value is -1.65. The van der Waals surface area contributed by atoms with Gasteiger partial charge in [0, 0.05) is 12.2 Å². The van der Waals surface area contributed by atoms with Gasteiger partial charge in [0.1, 0.15) is 12.0 Å². The Labute approximate surface area is 124 Å². The van der Waals surface area contributed by atoms with Crippen LogP contribution in [0.15, 0.2) is 41.0 Å². The van der Waals surface area contributed by atoms with E-state index in [9.17, 15) is 5.11 Å². The van der Waals surface area contributed by atoms with E-state index in [1.165, 1.54) is 0 Å². The zero-order valence-corrected chi connectivity index (χ0v) is 12.1. The lowest BCUT2D eigenvalue weighted by atomic mass is 9.88. The molecule has 0 bridgehead atoms. The molecule has 21 heavy (non-hydrogen) atoms. The minimum absolute atomic E-state index is 0.229. The highest BCUT2D eigenvalue weighted by Gasteiger charge is 2.22. The van der Waals surface area contributed by atoms with Gasteiger partial charge < -0.3 is 14.3 Å². The summed E-state index contributed by atoms with van der Waals surface area (Å²) in [6.45, 7) is 0.737. The van der Waals surface area contributed by atoms with Crippen LogP contribution < -0.4 is 0 Å². The molecule has 1 aromatic heterocycles. The van der Waals surface area contributed by atoms with Gasteiger partial charge in [-0.2, -0.15) is 0 Å². The Kier molecular flexibility index (Phi) is 4.68. The third-order valence-electron chi connectivity index (χ3n) is 4.03. The summed E-state index contributed by atoms with van der Waals surface area (Å²) in [6, 6.07) is 9.85. The number of benzene rings is 1. The second kappa shape index (κ2) is 6.87. The first-order chi connectivity index (χ1) is 10.3.